The maximum atomic E-state index is 4.08. The first-order chi connectivity index (χ1) is 6.81. The van der Waals surface area contributed by atoms with Crippen molar-refractivity contribution in [2.75, 3.05) is 11.4 Å². The van der Waals surface area contributed by atoms with Crippen molar-refractivity contribution in [3.63, 3.8) is 0 Å². The summed E-state index contributed by atoms with van der Waals surface area (Å²) in [5.74, 6) is 0. The van der Waals surface area contributed by atoms with Crippen LogP contribution in [0.1, 0.15) is 25.3 Å². The van der Waals surface area contributed by atoms with Gasteiger partial charge in [-0.1, -0.05) is 25.6 Å². The van der Waals surface area contributed by atoms with Gasteiger partial charge >= 0.3 is 0 Å². The van der Waals surface area contributed by atoms with E-state index in [0.29, 0.717) is 0 Å². The molecule has 1 nitrogen and oxygen atoms in total. The molecule has 1 fully saturated rings. The number of anilines is 1. The van der Waals surface area contributed by atoms with Crippen LogP contribution < -0.4 is 4.90 Å². The van der Waals surface area contributed by atoms with E-state index in [2.05, 4.69) is 42.7 Å². The Labute approximate surface area is 86.1 Å². The molecule has 0 aliphatic carbocycles. The molecule has 0 N–H and O–H groups in total. The summed E-state index contributed by atoms with van der Waals surface area (Å²) in [5, 5.41) is 0. The molecule has 1 heteroatoms. The van der Waals surface area contributed by atoms with Gasteiger partial charge < -0.3 is 4.90 Å². The van der Waals surface area contributed by atoms with Crippen molar-refractivity contribution in [1.82, 2.24) is 0 Å². The molecular formula is C13H17N. The van der Waals surface area contributed by atoms with Crippen LogP contribution in [0, 0.1) is 0 Å². The predicted octanol–water partition coefficient (Wildman–Crippen LogP) is 3.36. The van der Waals surface area contributed by atoms with Gasteiger partial charge in [0, 0.05) is 17.9 Å². The van der Waals surface area contributed by atoms with Gasteiger partial charge in [0.2, 0.25) is 0 Å². The lowest BCUT2D eigenvalue weighted by Gasteiger charge is -2.19. The quantitative estimate of drug-likeness (QED) is 0.686. The average Bonchev–Trinajstić information content (AvgIpc) is 2.65. The number of nitrogens with zero attached hydrogens (tertiary/aromatic N) is 1. The van der Waals surface area contributed by atoms with Crippen molar-refractivity contribution < 1.29 is 0 Å². The largest absolute Gasteiger partial charge is 0.346 e. The molecule has 1 heterocycles. The standard InChI is InChI=1S/C13H17N/c1-3-12-6-8-13(9-7-12)14-10-4-5-11(14)2/h6-9H,2-5,10H2,1H3. The molecule has 0 bridgehead atoms. The van der Waals surface area contributed by atoms with E-state index in [1.807, 2.05) is 0 Å². The molecule has 0 saturated carbocycles. The summed E-state index contributed by atoms with van der Waals surface area (Å²) in [6.07, 6.45) is 3.51. The molecule has 1 aromatic rings. The number of hydrogen-bond donors (Lipinski definition) is 0. The second-order valence-corrected chi connectivity index (χ2v) is 3.84. The monoisotopic (exact) mass is 187 g/mol. The second kappa shape index (κ2) is 3.87. The first-order valence-corrected chi connectivity index (χ1v) is 5.35. The van der Waals surface area contributed by atoms with Crippen molar-refractivity contribution in [3.05, 3.63) is 42.1 Å². The van der Waals surface area contributed by atoms with Crippen molar-refractivity contribution in [3.8, 4) is 0 Å². The summed E-state index contributed by atoms with van der Waals surface area (Å²) in [4.78, 5) is 2.32. The molecule has 0 atom stereocenters. The Kier molecular flexibility index (Phi) is 2.58. The fourth-order valence-corrected chi connectivity index (χ4v) is 1.96. The highest BCUT2D eigenvalue weighted by molar-refractivity contribution is 5.53. The summed E-state index contributed by atoms with van der Waals surface area (Å²) < 4.78 is 0. The van der Waals surface area contributed by atoms with Crippen LogP contribution in [0.25, 0.3) is 0 Å². The fraction of sp³-hybridized carbons (Fsp3) is 0.385. The Hall–Kier alpha value is -1.24. The maximum Gasteiger partial charge on any atom is 0.0408 e. The van der Waals surface area contributed by atoms with Gasteiger partial charge in [0.15, 0.2) is 0 Å². The van der Waals surface area contributed by atoms with Crippen molar-refractivity contribution in [2.45, 2.75) is 26.2 Å². The van der Waals surface area contributed by atoms with Gasteiger partial charge in [0.05, 0.1) is 0 Å². The smallest absolute Gasteiger partial charge is 0.0408 e. The molecule has 0 unspecified atom stereocenters. The molecule has 0 radical (unpaired) electrons. The number of aryl methyl sites for hydroxylation is 1. The van der Waals surface area contributed by atoms with E-state index in [-0.39, 0.29) is 0 Å². The van der Waals surface area contributed by atoms with E-state index in [9.17, 15) is 0 Å². The molecule has 74 valence electrons. The van der Waals surface area contributed by atoms with Gasteiger partial charge in [-0.05, 0) is 37.0 Å². The molecule has 1 aromatic carbocycles. The first kappa shape index (κ1) is 9.32. The van der Waals surface area contributed by atoms with Crippen LogP contribution in [0.3, 0.4) is 0 Å². The van der Waals surface area contributed by atoms with Crippen molar-refractivity contribution in [2.24, 2.45) is 0 Å². The Morgan fingerprint density at radius 3 is 2.50 bits per heavy atom. The summed E-state index contributed by atoms with van der Waals surface area (Å²) in [5.41, 5.74) is 3.96. The van der Waals surface area contributed by atoms with Crippen LogP contribution in [0.15, 0.2) is 36.5 Å². The maximum absolute atomic E-state index is 4.08. The van der Waals surface area contributed by atoms with Gasteiger partial charge in [-0.15, -0.1) is 0 Å². The number of hydrogen-bond acceptors (Lipinski definition) is 1. The Bertz CT molecular complexity index is 324. The van der Waals surface area contributed by atoms with Crippen LogP contribution in [0.4, 0.5) is 5.69 Å². The topological polar surface area (TPSA) is 3.24 Å². The predicted molar refractivity (Wildman–Crippen MR) is 61.5 cm³/mol. The van der Waals surface area contributed by atoms with E-state index in [1.54, 1.807) is 0 Å². The summed E-state index contributed by atoms with van der Waals surface area (Å²) in [7, 11) is 0. The van der Waals surface area contributed by atoms with Crippen LogP contribution >= 0.6 is 0 Å². The van der Waals surface area contributed by atoms with Gasteiger partial charge in [0.25, 0.3) is 0 Å². The lowest BCUT2D eigenvalue weighted by molar-refractivity contribution is 0.955. The van der Waals surface area contributed by atoms with E-state index >= 15 is 0 Å². The Morgan fingerprint density at radius 2 is 2.00 bits per heavy atom. The third-order valence-electron chi connectivity index (χ3n) is 2.89. The van der Waals surface area contributed by atoms with Crippen LogP contribution in [0.2, 0.25) is 0 Å². The molecule has 2 rings (SSSR count). The van der Waals surface area contributed by atoms with Gasteiger partial charge in [-0.2, -0.15) is 0 Å². The molecule has 0 spiro atoms. The van der Waals surface area contributed by atoms with E-state index in [0.717, 1.165) is 19.4 Å². The zero-order chi connectivity index (χ0) is 9.97. The molecule has 1 saturated heterocycles. The molecule has 14 heavy (non-hydrogen) atoms. The van der Waals surface area contributed by atoms with E-state index in [4.69, 9.17) is 0 Å². The number of rotatable bonds is 2. The van der Waals surface area contributed by atoms with Crippen LogP contribution in [-0.2, 0) is 6.42 Å². The normalized spacial score (nSPS) is 16.4. The first-order valence-electron chi connectivity index (χ1n) is 5.35. The number of allylic oxidation sites excluding steroid dienone is 1. The zero-order valence-corrected chi connectivity index (χ0v) is 8.79. The highest BCUT2D eigenvalue weighted by Crippen LogP contribution is 2.27. The third kappa shape index (κ3) is 1.67. The number of benzene rings is 1. The molecule has 0 amide bonds. The third-order valence-corrected chi connectivity index (χ3v) is 2.89. The molecule has 0 aromatic heterocycles. The average molecular weight is 187 g/mol. The summed E-state index contributed by atoms with van der Waals surface area (Å²) >= 11 is 0. The fourth-order valence-electron chi connectivity index (χ4n) is 1.96. The van der Waals surface area contributed by atoms with Crippen LogP contribution in [-0.4, -0.2) is 6.54 Å². The van der Waals surface area contributed by atoms with Gasteiger partial charge in [-0.3, -0.25) is 0 Å². The minimum Gasteiger partial charge on any atom is -0.346 e. The van der Waals surface area contributed by atoms with Crippen molar-refractivity contribution in [1.29, 1.82) is 0 Å². The Morgan fingerprint density at radius 1 is 1.29 bits per heavy atom. The minimum absolute atomic E-state index is 1.11. The highest BCUT2D eigenvalue weighted by Gasteiger charge is 2.15. The zero-order valence-electron chi connectivity index (χ0n) is 8.79. The van der Waals surface area contributed by atoms with E-state index in [1.165, 1.54) is 23.4 Å². The lowest BCUT2D eigenvalue weighted by Crippen LogP contribution is -2.15. The van der Waals surface area contributed by atoms with E-state index < -0.39 is 0 Å². The summed E-state index contributed by atoms with van der Waals surface area (Å²) in [6.45, 7) is 7.39. The minimum atomic E-state index is 1.11. The molecular weight excluding hydrogens is 170 g/mol. The van der Waals surface area contributed by atoms with Gasteiger partial charge in [-0.25, -0.2) is 0 Å². The van der Waals surface area contributed by atoms with Crippen molar-refractivity contribution >= 4 is 5.69 Å². The molecule has 1 aliphatic rings. The lowest BCUT2D eigenvalue weighted by atomic mass is 10.1. The second-order valence-electron chi connectivity index (χ2n) is 3.84. The van der Waals surface area contributed by atoms with Crippen LogP contribution in [0.5, 0.6) is 0 Å². The Balaban J connectivity index is 2.20. The highest BCUT2D eigenvalue weighted by atomic mass is 15.2. The van der Waals surface area contributed by atoms with Gasteiger partial charge in [0.1, 0.15) is 0 Å². The molecule has 1 aliphatic heterocycles. The summed E-state index contributed by atoms with van der Waals surface area (Å²) in [6, 6.07) is 8.83. The SMILES string of the molecule is C=C1CCCN1c1ccc(CC)cc1.